The molecule has 0 unspecified atom stereocenters. The van der Waals surface area contributed by atoms with E-state index in [9.17, 15) is 8.42 Å². The lowest BCUT2D eigenvalue weighted by Gasteiger charge is -2.05. The van der Waals surface area contributed by atoms with Crippen molar-refractivity contribution in [2.24, 2.45) is 12.8 Å². The molecule has 0 amide bonds. The van der Waals surface area contributed by atoms with Crippen molar-refractivity contribution in [3.8, 4) is 0 Å². The van der Waals surface area contributed by atoms with Gasteiger partial charge >= 0.3 is 0 Å². The van der Waals surface area contributed by atoms with Crippen LogP contribution in [-0.4, -0.2) is 33.6 Å². The highest BCUT2D eigenvalue weighted by Crippen LogP contribution is 2.10. The molecule has 2 aromatic rings. The minimum atomic E-state index is -3.60. The van der Waals surface area contributed by atoms with Crippen molar-refractivity contribution in [2.45, 2.75) is 5.75 Å². The molecule has 3 N–H and O–H groups in total. The summed E-state index contributed by atoms with van der Waals surface area (Å²) < 4.78 is 26.1. The molecule has 0 fully saturated rings. The number of aryl methyl sites for hydroxylation is 1. The largest absolute Gasteiger partial charge is 0.389 e. The molecule has 0 saturated heterocycles. The molecule has 8 nitrogen and oxygen atoms in total. The Balaban J connectivity index is 2.09. The number of nitrogens with one attached hydrogen (secondary N) is 1. The number of hydrogen-bond donors (Lipinski definition) is 2. The zero-order valence-corrected chi connectivity index (χ0v) is 12.1. The molecule has 20 heavy (non-hydrogen) atoms. The van der Waals surface area contributed by atoms with E-state index in [4.69, 9.17) is 18.0 Å². The molecule has 0 aliphatic rings. The summed E-state index contributed by atoms with van der Waals surface area (Å²) in [5.41, 5.74) is 6.75. The quantitative estimate of drug-likeness (QED) is 0.734. The van der Waals surface area contributed by atoms with Crippen LogP contribution in [0.2, 0.25) is 0 Å². The number of anilines is 1. The van der Waals surface area contributed by atoms with E-state index in [1.165, 1.54) is 0 Å². The average Bonchev–Trinajstić information content (AvgIpc) is 2.73. The van der Waals surface area contributed by atoms with Gasteiger partial charge in [0.2, 0.25) is 10.0 Å². The predicted molar refractivity (Wildman–Crippen MR) is 77.4 cm³/mol. The molecule has 106 valence electrons. The number of aromatic nitrogens is 4. The predicted octanol–water partition coefficient (Wildman–Crippen LogP) is -0.214. The number of sulfonamides is 1. The summed E-state index contributed by atoms with van der Waals surface area (Å²) in [6.07, 6.45) is 0. The Bertz CT molecular complexity index is 722. The number of tetrazole rings is 1. The summed E-state index contributed by atoms with van der Waals surface area (Å²) >= 11 is 4.83. The molecule has 0 atom stereocenters. The normalized spacial score (nSPS) is 11.2. The first-order valence-corrected chi connectivity index (χ1v) is 7.55. The van der Waals surface area contributed by atoms with E-state index in [1.807, 2.05) is 0 Å². The zero-order valence-electron chi connectivity index (χ0n) is 10.5. The van der Waals surface area contributed by atoms with Gasteiger partial charge in [0.1, 0.15) is 4.99 Å². The Morgan fingerprint density at radius 1 is 1.40 bits per heavy atom. The Labute approximate surface area is 121 Å². The van der Waals surface area contributed by atoms with Crippen LogP contribution in [-0.2, 0) is 22.8 Å². The minimum Gasteiger partial charge on any atom is -0.389 e. The van der Waals surface area contributed by atoms with E-state index in [2.05, 4.69) is 20.1 Å². The molecule has 0 spiro atoms. The van der Waals surface area contributed by atoms with E-state index in [0.29, 0.717) is 11.1 Å². The maximum Gasteiger partial charge on any atom is 0.276 e. The molecule has 0 aliphatic heterocycles. The Morgan fingerprint density at radius 2 is 2.05 bits per heavy atom. The van der Waals surface area contributed by atoms with E-state index in [0.717, 1.165) is 4.80 Å². The van der Waals surface area contributed by atoms with Gasteiger partial charge in [-0.1, -0.05) is 41.6 Å². The molecule has 0 aliphatic carbocycles. The van der Waals surface area contributed by atoms with Crippen LogP contribution in [0, 0.1) is 0 Å². The molecular formula is C10H12N6O2S2. The summed E-state index contributed by atoms with van der Waals surface area (Å²) in [6, 6.07) is 6.65. The lowest BCUT2D eigenvalue weighted by atomic mass is 10.1. The van der Waals surface area contributed by atoms with Gasteiger partial charge in [-0.05, 0) is 10.8 Å². The Kier molecular flexibility index (Phi) is 3.95. The van der Waals surface area contributed by atoms with Crippen LogP contribution < -0.4 is 10.5 Å². The Hall–Kier alpha value is -2.07. The third-order valence-corrected chi connectivity index (χ3v) is 3.79. The highest BCUT2D eigenvalue weighted by Gasteiger charge is 2.14. The van der Waals surface area contributed by atoms with E-state index >= 15 is 0 Å². The third kappa shape index (κ3) is 3.71. The summed E-state index contributed by atoms with van der Waals surface area (Å²) in [6.45, 7) is 0. The lowest BCUT2D eigenvalue weighted by Crippen LogP contribution is -2.16. The standard InChI is InChI=1S/C10H12N6O2S2/c1-16-13-10(12-15-16)14-20(17,18)6-7-2-4-8(5-3-7)9(11)19/h2-5H,6H2,1H3,(H2,11,19)(H,13,14). The van der Waals surface area contributed by atoms with Crippen LogP contribution in [0.25, 0.3) is 0 Å². The fraction of sp³-hybridized carbons (Fsp3) is 0.200. The number of nitrogens with zero attached hydrogens (tertiary/aromatic N) is 4. The van der Waals surface area contributed by atoms with Gasteiger partial charge in [-0.2, -0.15) is 4.80 Å². The number of rotatable bonds is 5. The molecule has 0 radical (unpaired) electrons. The number of thiocarbonyl (C=S) groups is 1. The van der Waals surface area contributed by atoms with Crippen LogP contribution >= 0.6 is 12.2 Å². The monoisotopic (exact) mass is 312 g/mol. The number of hydrogen-bond acceptors (Lipinski definition) is 6. The second kappa shape index (κ2) is 5.51. The first-order valence-electron chi connectivity index (χ1n) is 5.49. The minimum absolute atomic E-state index is 0.0627. The van der Waals surface area contributed by atoms with Crippen LogP contribution in [0.15, 0.2) is 24.3 Å². The van der Waals surface area contributed by atoms with Crippen molar-refractivity contribution in [1.82, 2.24) is 20.2 Å². The fourth-order valence-corrected chi connectivity index (χ4v) is 2.68. The van der Waals surface area contributed by atoms with E-state index < -0.39 is 10.0 Å². The maximum atomic E-state index is 11.9. The van der Waals surface area contributed by atoms with Gasteiger partial charge in [-0.15, -0.1) is 5.10 Å². The molecule has 1 aromatic heterocycles. The third-order valence-electron chi connectivity index (χ3n) is 2.35. The van der Waals surface area contributed by atoms with Crippen LogP contribution in [0.4, 0.5) is 5.95 Å². The SMILES string of the molecule is Cn1nnc(NS(=O)(=O)Cc2ccc(C(N)=S)cc2)n1. The topological polar surface area (TPSA) is 116 Å². The molecule has 1 heterocycles. The highest BCUT2D eigenvalue weighted by atomic mass is 32.2. The van der Waals surface area contributed by atoms with Crippen molar-refractivity contribution in [1.29, 1.82) is 0 Å². The molecule has 1 aromatic carbocycles. The van der Waals surface area contributed by atoms with Crippen molar-refractivity contribution in [3.05, 3.63) is 35.4 Å². The zero-order chi connectivity index (χ0) is 14.8. The highest BCUT2D eigenvalue weighted by molar-refractivity contribution is 7.91. The maximum absolute atomic E-state index is 11.9. The molecule has 0 bridgehead atoms. The first-order chi connectivity index (χ1) is 9.35. The summed E-state index contributed by atoms with van der Waals surface area (Å²) in [4.78, 5) is 1.43. The van der Waals surface area contributed by atoms with Crippen LogP contribution in [0.1, 0.15) is 11.1 Å². The van der Waals surface area contributed by atoms with Crippen LogP contribution in [0.5, 0.6) is 0 Å². The lowest BCUT2D eigenvalue weighted by molar-refractivity contribution is 0.600. The smallest absolute Gasteiger partial charge is 0.276 e. The number of benzene rings is 1. The van der Waals surface area contributed by atoms with Crippen molar-refractivity contribution in [3.63, 3.8) is 0 Å². The van der Waals surface area contributed by atoms with E-state index in [-0.39, 0.29) is 16.7 Å². The summed E-state index contributed by atoms with van der Waals surface area (Å²) in [7, 11) is -2.06. The van der Waals surface area contributed by atoms with Crippen molar-refractivity contribution < 1.29 is 8.42 Å². The van der Waals surface area contributed by atoms with Crippen molar-refractivity contribution >= 4 is 33.2 Å². The fourth-order valence-electron chi connectivity index (χ4n) is 1.48. The van der Waals surface area contributed by atoms with Gasteiger partial charge < -0.3 is 5.73 Å². The van der Waals surface area contributed by atoms with Gasteiger partial charge in [0.25, 0.3) is 5.95 Å². The molecule has 0 saturated carbocycles. The molecule has 10 heteroatoms. The molecular weight excluding hydrogens is 300 g/mol. The second-order valence-electron chi connectivity index (χ2n) is 4.02. The van der Waals surface area contributed by atoms with Gasteiger partial charge in [0.05, 0.1) is 12.8 Å². The van der Waals surface area contributed by atoms with Gasteiger partial charge in [0.15, 0.2) is 0 Å². The first kappa shape index (κ1) is 14.3. The average molecular weight is 312 g/mol. The summed E-state index contributed by atoms with van der Waals surface area (Å²) in [5, 5.41) is 10.8. The Morgan fingerprint density at radius 3 is 2.55 bits per heavy atom. The van der Waals surface area contributed by atoms with Gasteiger partial charge in [0, 0.05) is 5.56 Å². The summed E-state index contributed by atoms with van der Waals surface area (Å²) in [5.74, 6) is -0.268. The second-order valence-corrected chi connectivity index (χ2v) is 6.19. The van der Waals surface area contributed by atoms with Gasteiger partial charge in [-0.25, -0.2) is 13.1 Å². The molecule has 2 rings (SSSR count). The van der Waals surface area contributed by atoms with Crippen molar-refractivity contribution in [2.75, 3.05) is 4.72 Å². The van der Waals surface area contributed by atoms with Gasteiger partial charge in [-0.3, -0.25) is 0 Å². The number of nitrogens with two attached hydrogens (primary N) is 1. The van der Waals surface area contributed by atoms with Crippen LogP contribution in [0.3, 0.4) is 0 Å². The van der Waals surface area contributed by atoms with E-state index in [1.54, 1.807) is 31.3 Å².